The predicted octanol–water partition coefficient (Wildman–Crippen LogP) is 3.23. The third-order valence-corrected chi connectivity index (χ3v) is 4.05. The van der Waals surface area contributed by atoms with Gasteiger partial charge in [0.05, 0.1) is 19.1 Å². The van der Waals surface area contributed by atoms with Crippen molar-refractivity contribution in [1.82, 2.24) is 4.90 Å². The number of ketones is 1. The van der Waals surface area contributed by atoms with Gasteiger partial charge in [-0.1, -0.05) is 60.7 Å². The summed E-state index contributed by atoms with van der Waals surface area (Å²) in [6.45, 7) is 3.12. The summed E-state index contributed by atoms with van der Waals surface area (Å²) in [5, 5.41) is 0. The first-order valence-electron chi connectivity index (χ1n) is 7.98. The third kappa shape index (κ3) is 4.08. The highest BCUT2D eigenvalue weighted by atomic mass is 16.5. The minimum atomic E-state index is -0.255. The van der Waals surface area contributed by atoms with E-state index in [1.807, 2.05) is 66.9 Å². The minimum Gasteiger partial charge on any atom is -0.378 e. The van der Waals surface area contributed by atoms with Gasteiger partial charge in [0, 0.05) is 19.3 Å². The van der Waals surface area contributed by atoms with Crippen LogP contribution < -0.4 is 0 Å². The molecule has 0 saturated carbocycles. The smallest absolute Gasteiger partial charge is 0.168 e. The van der Waals surface area contributed by atoms with Crippen molar-refractivity contribution in [2.45, 2.75) is 5.92 Å². The van der Waals surface area contributed by atoms with E-state index in [1.54, 1.807) is 6.08 Å². The van der Waals surface area contributed by atoms with Gasteiger partial charge in [-0.15, -0.1) is 0 Å². The van der Waals surface area contributed by atoms with E-state index < -0.39 is 0 Å². The molecule has 0 amide bonds. The Morgan fingerprint density at radius 3 is 1.96 bits per heavy atom. The topological polar surface area (TPSA) is 29.5 Å². The standard InChI is InChI=1S/C20H21NO2/c22-19(11-12-21-13-15-23-16-14-21)20(17-7-3-1-4-8-17)18-9-5-2-6-10-18/h1-12,20H,13-16H2/b12-11+. The monoisotopic (exact) mass is 307 g/mol. The lowest BCUT2D eigenvalue weighted by Gasteiger charge is -2.25. The molecule has 0 spiro atoms. The molecule has 23 heavy (non-hydrogen) atoms. The lowest BCUT2D eigenvalue weighted by atomic mass is 9.87. The Morgan fingerprint density at radius 1 is 0.913 bits per heavy atom. The molecule has 3 nitrogen and oxygen atoms in total. The summed E-state index contributed by atoms with van der Waals surface area (Å²) in [7, 11) is 0. The van der Waals surface area contributed by atoms with Gasteiger partial charge in [0.15, 0.2) is 5.78 Å². The van der Waals surface area contributed by atoms with Crippen molar-refractivity contribution in [2.75, 3.05) is 26.3 Å². The van der Waals surface area contributed by atoms with Crippen LogP contribution in [-0.2, 0) is 9.53 Å². The Morgan fingerprint density at radius 2 is 1.43 bits per heavy atom. The molecule has 0 N–H and O–H groups in total. The molecular formula is C20H21NO2. The Balaban J connectivity index is 1.83. The van der Waals surface area contributed by atoms with Crippen molar-refractivity contribution >= 4 is 5.78 Å². The van der Waals surface area contributed by atoms with Gasteiger partial charge in [0.2, 0.25) is 0 Å². The summed E-state index contributed by atoms with van der Waals surface area (Å²) in [5.41, 5.74) is 2.05. The molecular weight excluding hydrogens is 286 g/mol. The lowest BCUT2D eigenvalue weighted by molar-refractivity contribution is -0.115. The van der Waals surface area contributed by atoms with Crippen LogP contribution in [0.4, 0.5) is 0 Å². The highest BCUT2D eigenvalue weighted by Gasteiger charge is 2.20. The fraction of sp³-hybridized carbons (Fsp3) is 0.250. The number of benzene rings is 2. The molecule has 0 aromatic heterocycles. The van der Waals surface area contributed by atoms with Crippen LogP contribution in [0, 0.1) is 0 Å². The van der Waals surface area contributed by atoms with E-state index in [4.69, 9.17) is 4.74 Å². The molecule has 3 heteroatoms. The average Bonchev–Trinajstić information content (AvgIpc) is 2.63. The number of rotatable bonds is 5. The Kier molecular flexibility index (Phi) is 5.22. The predicted molar refractivity (Wildman–Crippen MR) is 91.3 cm³/mol. The molecule has 1 heterocycles. The quantitative estimate of drug-likeness (QED) is 0.794. The second-order valence-corrected chi connectivity index (χ2v) is 5.62. The summed E-state index contributed by atoms with van der Waals surface area (Å²) < 4.78 is 5.33. The first kappa shape index (κ1) is 15.5. The summed E-state index contributed by atoms with van der Waals surface area (Å²) >= 11 is 0. The fourth-order valence-electron chi connectivity index (χ4n) is 2.81. The van der Waals surface area contributed by atoms with Gasteiger partial charge in [-0.05, 0) is 17.2 Å². The van der Waals surface area contributed by atoms with Crippen LogP contribution in [0.5, 0.6) is 0 Å². The highest BCUT2D eigenvalue weighted by molar-refractivity contribution is 5.97. The molecule has 0 aliphatic carbocycles. The van der Waals surface area contributed by atoms with Crippen LogP contribution in [0.1, 0.15) is 17.0 Å². The maximum Gasteiger partial charge on any atom is 0.168 e. The first-order chi connectivity index (χ1) is 11.3. The first-order valence-corrected chi connectivity index (χ1v) is 7.98. The SMILES string of the molecule is O=C(/C=C/N1CCOCC1)C(c1ccccc1)c1ccccc1. The molecule has 1 fully saturated rings. The van der Waals surface area contributed by atoms with Crippen molar-refractivity contribution in [1.29, 1.82) is 0 Å². The van der Waals surface area contributed by atoms with E-state index in [2.05, 4.69) is 4.90 Å². The average molecular weight is 307 g/mol. The molecule has 0 radical (unpaired) electrons. The van der Waals surface area contributed by atoms with E-state index in [0.29, 0.717) is 0 Å². The van der Waals surface area contributed by atoms with Crippen molar-refractivity contribution < 1.29 is 9.53 Å². The normalized spacial score (nSPS) is 15.3. The zero-order valence-electron chi connectivity index (χ0n) is 13.1. The van der Waals surface area contributed by atoms with E-state index in [1.165, 1.54) is 0 Å². The molecule has 1 saturated heterocycles. The number of ether oxygens (including phenoxy) is 1. The minimum absolute atomic E-state index is 0.105. The van der Waals surface area contributed by atoms with Crippen molar-refractivity contribution in [3.05, 3.63) is 84.1 Å². The van der Waals surface area contributed by atoms with Crippen molar-refractivity contribution in [3.63, 3.8) is 0 Å². The van der Waals surface area contributed by atoms with Gasteiger partial charge >= 0.3 is 0 Å². The van der Waals surface area contributed by atoms with Crippen LogP contribution in [0.2, 0.25) is 0 Å². The number of hydrogen-bond donors (Lipinski definition) is 0. The van der Waals surface area contributed by atoms with Crippen LogP contribution in [0.3, 0.4) is 0 Å². The van der Waals surface area contributed by atoms with Crippen LogP contribution >= 0.6 is 0 Å². The Hall–Kier alpha value is -2.39. The third-order valence-electron chi connectivity index (χ3n) is 4.05. The van der Waals surface area contributed by atoms with Gasteiger partial charge in [-0.2, -0.15) is 0 Å². The Bertz CT molecular complexity index is 606. The van der Waals surface area contributed by atoms with E-state index in [-0.39, 0.29) is 11.7 Å². The second kappa shape index (κ2) is 7.75. The molecule has 118 valence electrons. The van der Waals surface area contributed by atoms with Gasteiger partial charge in [0.25, 0.3) is 0 Å². The number of allylic oxidation sites excluding steroid dienone is 1. The van der Waals surface area contributed by atoms with E-state index >= 15 is 0 Å². The largest absolute Gasteiger partial charge is 0.378 e. The molecule has 1 aliphatic rings. The maximum atomic E-state index is 12.8. The summed E-state index contributed by atoms with van der Waals surface area (Å²) in [4.78, 5) is 15.0. The summed E-state index contributed by atoms with van der Waals surface area (Å²) in [5.74, 6) is -0.149. The number of hydrogen-bond acceptors (Lipinski definition) is 3. The molecule has 2 aromatic carbocycles. The van der Waals surface area contributed by atoms with Crippen molar-refractivity contribution in [3.8, 4) is 0 Å². The van der Waals surface area contributed by atoms with Crippen LogP contribution in [0.25, 0.3) is 0 Å². The number of carbonyl (C=O) groups is 1. The van der Waals surface area contributed by atoms with Crippen LogP contribution in [-0.4, -0.2) is 37.0 Å². The number of carbonyl (C=O) groups excluding carboxylic acids is 1. The molecule has 1 aliphatic heterocycles. The Labute approximate surface area is 137 Å². The van der Waals surface area contributed by atoms with Gasteiger partial charge in [-0.25, -0.2) is 0 Å². The van der Waals surface area contributed by atoms with Crippen molar-refractivity contribution in [2.24, 2.45) is 0 Å². The fourth-order valence-corrected chi connectivity index (χ4v) is 2.81. The number of morpholine rings is 1. The van der Waals surface area contributed by atoms with Gasteiger partial charge < -0.3 is 9.64 Å². The summed E-state index contributed by atoms with van der Waals surface area (Å²) in [6.07, 6.45) is 3.61. The maximum absolute atomic E-state index is 12.8. The van der Waals surface area contributed by atoms with Gasteiger partial charge in [0.1, 0.15) is 0 Å². The van der Waals surface area contributed by atoms with Crippen LogP contribution in [0.15, 0.2) is 72.9 Å². The second-order valence-electron chi connectivity index (χ2n) is 5.62. The molecule has 0 atom stereocenters. The van der Waals surface area contributed by atoms with E-state index in [9.17, 15) is 4.79 Å². The number of nitrogens with zero attached hydrogens (tertiary/aromatic N) is 1. The molecule has 0 unspecified atom stereocenters. The zero-order valence-corrected chi connectivity index (χ0v) is 13.1. The zero-order chi connectivity index (χ0) is 15.9. The molecule has 0 bridgehead atoms. The molecule has 3 rings (SSSR count). The van der Waals surface area contributed by atoms with E-state index in [0.717, 1.165) is 37.4 Å². The molecule has 2 aromatic rings. The summed E-state index contributed by atoms with van der Waals surface area (Å²) in [6, 6.07) is 19.9. The van der Waals surface area contributed by atoms with Gasteiger partial charge in [-0.3, -0.25) is 4.79 Å². The lowest BCUT2D eigenvalue weighted by Crippen LogP contribution is -2.32. The highest BCUT2D eigenvalue weighted by Crippen LogP contribution is 2.26.